The third-order valence-corrected chi connectivity index (χ3v) is 12.5. The zero-order valence-corrected chi connectivity index (χ0v) is 30.6. The van der Waals surface area contributed by atoms with Gasteiger partial charge in [0.05, 0.1) is 0 Å². The van der Waals surface area contributed by atoms with Crippen molar-refractivity contribution < 1.29 is 9.47 Å². The van der Waals surface area contributed by atoms with E-state index in [-0.39, 0.29) is 0 Å². The molecule has 1 atom stereocenters. The van der Waals surface area contributed by atoms with E-state index in [4.69, 9.17) is 24.4 Å². The third-order valence-electron chi connectivity index (χ3n) is 11.2. The molecule has 2 aliphatic carbocycles. The zero-order chi connectivity index (χ0) is 36.8. The topological polar surface area (TPSA) is 57.1 Å². The number of ether oxygens (including phenoxy) is 2. The summed E-state index contributed by atoms with van der Waals surface area (Å²) in [6.45, 7) is 0. The molecule has 0 amide bonds. The van der Waals surface area contributed by atoms with Crippen LogP contribution in [0.2, 0.25) is 0 Å². The molecule has 3 heterocycles. The van der Waals surface area contributed by atoms with E-state index in [0.717, 1.165) is 56.4 Å². The van der Waals surface area contributed by atoms with Gasteiger partial charge in [-0.1, -0.05) is 152 Å². The summed E-state index contributed by atoms with van der Waals surface area (Å²) in [6, 6.07) is 60.9. The standard InChI is InChI=1S/C50H29N3O2S/c1-3-15-30(16-4-1)47-51-48(31-17-5-2-6-18-31)53-49(52-47)33-20-13-19-32(29-33)34-23-14-25-38-42(34)35-21-7-9-24-37(35)50(38)45-44(54-39-26-10-11-27-40(39)55-45)43-36-22-8-12-28-41(36)56-46(43)50/h1-29H. The van der Waals surface area contributed by atoms with Gasteiger partial charge in [-0.3, -0.25) is 0 Å². The number of aromatic nitrogens is 3. The molecule has 6 heteroatoms. The van der Waals surface area contributed by atoms with Gasteiger partial charge in [0.25, 0.3) is 0 Å². The highest BCUT2D eigenvalue weighted by Gasteiger charge is 2.59. The summed E-state index contributed by atoms with van der Waals surface area (Å²) >= 11 is 1.83. The number of hydrogen-bond acceptors (Lipinski definition) is 6. The molecular weight excluding hydrogens is 707 g/mol. The summed E-state index contributed by atoms with van der Waals surface area (Å²) < 4.78 is 15.1. The van der Waals surface area contributed by atoms with Gasteiger partial charge in [-0.15, -0.1) is 11.3 Å². The van der Waals surface area contributed by atoms with Gasteiger partial charge in [0.15, 0.2) is 40.5 Å². The van der Waals surface area contributed by atoms with Crippen LogP contribution in [0.1, 0.15) is 21.6 Å². The predicted octanol–water partition coefficient (Wildman–Crippen LogP) is 12.2. The van der Waals surface area contributed by atoms with Crippen molar-refractivity contribution in [2.75, 3.05) is 0 Å². The van der Waals surface area contributed by atoms with Gasteiger partial charge in [0.2, 0.25) is 0 Å². The van der Waals surface area contributed by atoms with E-state index < -0.39 is 5.41 Å². The number of allylic oxidation sites excluding steroid dienone is 1. The molecule has 1 aliphatic heterocycles. The molecule has 0 fully saturated rings. The van der Waals surface area contributed by atoms with Crippen LogP contribution in [0.25, 0.3) is 72.3 Å². The van der Waals surface area contributed by atoms with Crippen LogP contribution in [-0.4, -0.2) is 15.0 Å². The first-order chi connectivity index (χ1) is 27.8. The van der Waals surface area contributed by atoms with E-state index in [2.05, 4.69) is 91.0 Å². The fraction of sp³-hybridized carbons (Fsp3) is 0.0200. The highest BCUT2D eigenvalue weighted by Crippen LogP contribution is 2.67. The molecule has 1 spiro atoms. The maximum atomic E-state index is 7.05. The van der Waals surface area contributed by atoms with E-state index in [1.807, 2.05) is 96.3 Å². The van der Waals surface area contributed by atoms with Crippen molar-refractivity contribution in [1.82, 2.24) is 15.0 Å². The fourth-order valence-electron chi connectivity index (χ4n) is 8.80. The van der Waals surface area contributed by atoms with Gasteiger partial charge >= 0.3 is 0 Å². The molecule has 262 valence electrons. The van der Waals surface area contributed by atoms with Gasteiger partial charge in [0.1, 0.15) is 5.41 Å². The van der Waals surface area contributed by atoms with E-state index >= 15 is 0 Å². The smallest absolute Gasteiger partial charge is 0.176 e. The molecule has 0 saturated heterocycles. The van der Waals surface area contributed by atoms with Crippen molar-refractivity contribution in [3.8, 4) is 67.9 Å². The van der Waals surface area contributed by atoms with Crippen molar-refractivity contribution in [3.05, 3.63) is 203 Å². The average molecular weight is 736 g/mol. The van der Waals surface area contributed by atoms with Gasteiger partial charge in [-0.2, -0.15) is 0 Å². The molecule has 0 radical (unpaired) electrons. The minimum atomic E-state index is -0.704. The van der Waals surface area contributed by atoms with Crippen LogP contribution in [-0.2, 0) is 5.41 Å². The summed E-state index contributed by atoms with van der Waals surface area (Å²) in [5, 5.41) is 1.18. The molecule has 56 heavy (non-hydrogen) atoms. The Morgan fingerprint density at radius 3 is 1.75 bits per heavy atom. The molecule has 7 aromatic carbocycles. The number of benzene rings is 7. The average Bonchev–Trinajstić information content (AvgIpc) is 3.90. The quantitative estimate of drug-likeness (QED) is 0.180. The van der Waals surface area contributed by atoms with E-state index in [1.165, 1.54) is 37.2 Å². The fourth-order valence-corrected chi connectivity index (χ4v) is 10.2. The second kappa shape index (κ2) is 11.9. The van der Waals surface area contributed by atoms with Crippen LogP contribution < -0.4 is 9.47 Å². The number of fused-ring (bicyclic) bond motifs is 12. The summed E-state index contributed by atoms with van der Waals surface area (Å²) in [6.07, 6.45) is 0. The lowest BCUT2D eigenvalue weighted by Crippen LogP contribution is -2.30. The highest BCUT2D eigenvalue weighted by atomic mass is 32.1. The van der Waals surface area contributed by atoms with Gasteiger partial charge in [0, 0.05) is 37.2 Å². The van der Waals surface area contributed by atoms with Crippen LogP contribution in [0.5, 0.6) is 11.5 Å². The predicted molar refractivity (Wildman–Crippen MR) is 223 cm³/mol. The van der Waals surface area contributed by atoms with Crippen LogP contribution in [0.3, 0.4) is 0 Å². The van der Waals surface area contributed by atoms with Crippen molar-refractivity contribution >= 4 is 27.2 Å². The lowest BCUT2D eigenvalue weighted by molar-refractivity contribution is 0.317. The van der Waals surface area contributed by atoms with Crippen molar-refractivity contribution in [3.63, 3.8) is 0 Å². The largest absolute Gasteiger partial charge is 0.452 e. The molecule has 0 bridgehead atoms. The lowest BCUT2D eigenvalue weighted by atomic mass is 9.76. The molecule has 3 aliphatic rings. The zero-order valence-electron chi connectivity index (χ0n) is 29.8. The van der Waals surface area contributed by atoms with Gasteiger partial charge in [-0.25, -0.2) is 15.0 Å². The molecule has 5 nitrogen and oxygen atoms in total. The van der Waals surface area contributed by atoms with Crippen LogP contribution in [0.15, 0.2) is 182 Å². The maximum Gasteiger partial charge on any atom is 0.176 e. The summed E-state index contributed by atoms with van der Waals surface area (Å²) in [5.41, 5.74) is 10.1. The van der Waals surface area contributed by atoms with Gasteiger partial charge < -0.3 is 9.47 Å². The molecule has 0 N–H and O–H groups in total. The first kappa shape index (κ1) is 31.2. The van der Waals surface area contributed by atoms with Gasteiger partial charge in [-0.05, 0) is 57.6 Å². The minimum Gasteiger partial charge on any atom is -0.452 e. The van der Waals surface area contributed by atoms with E-state index in [9.17, 15) is 0 Å². The van der Waals surface area contributed by atoms with E-state index in [0.29, 0.717) is 17.5 Å². The Bertz CT molecular complexity index is 3040. The summed E-state index contributed by atoms with van der Waals surface area (Å²) in [7, 11) is 0. The number of thiophene rings is 1. The first-order valence-corrected chi connectivity index (χ1v) is 19.5. The Morgan fingerprint density at radius 1 is 0.429 bits per heavy atom. The molecule has 9 aromatic rings. The second-order valence-corrected chi connectivity index (χ2v) is 15.3. The monoisotopic (exact) mass is 735 g/mol. The molecule has 12 rings (SSSR count). The van der Waals surface area contributed by atoms with Crippen LogP contribution >= 0.6 is 11.3 Å². The Kier molecular flexibility index (Phi) is 6.65. The third kappa shape index (κ3) is 4.39. The Labute approximate surface area is 326 Å². The number of hydrogen-bond donors (Lipinski definition) is 0. The van der Waals surface area contributed by atoms with Crippen LogP contribution in [0.4, 0.5) is 0 Å². The normalized spacial score (nSPS) is 15.8. The van der Waals surface area contributed by atoms with Crippen molar-refractivity contribution in [1.29, 1.82) is 0 Å². The summed E-state index contributed by atoms with van der Waals surface area (Å²) in [4.78, 5) is 16.3. The number of para-hydroxylation sites is 2. The Balaban J connectivity index is 1.08. The number of nitrogens with zero attached hydrogens (tertiary/aromatic N) is 3. The second-order valence-electron chi connectivity index (χ2n) is 14.3. The minimum absolute atomic E-state index is 0.621. The number of rotatable bonds is 4. The summed E-state index contributed by atoms with van der Waals surface area (Å²) in [5.74, 6) is 4.97. The Morgan fingerprint density at radius 2 is 0.982 bits per heavy atom. The lowest BCUT2D eigenvalue weighted by Gasteiger charge is -2.32. The molecular formula is C50H29N3O2S. The highest BCUT2D eigenvalue weighted by molar-refractivity contribution is 7.19. The van der Waals surface area contributed by atoms with Crippen molar-refractivity contribution in [2.45, 2.75) is 5.41 Å². The SMILES string of the molecule is c1ccc(-c2nc(-c3ccccc3)nc(-c3cccc(-c4cccc5c4-c4ccccc4C54C5=C(Oc6ccccc6O5)c5c4sc4ccccc54)c3)n2)cc1. The molecule has 0 saturated carbocycles. The van der Waals surface area contributed by atoms with Crippen LogP contribution in [0, 0.1) is 0 Å². The molecule has 2 aromatic heterocycles. The maximum absolute atomic E-state index is 7.05. The molecule has 1 unspecified atom stereocenters. The van der Waals surface area contributed by atoms with Crippen molar-refractivity contribution in [2.24, 2.45) is 0 Å². The Hall–Kier alpha value is -7.15. The van der Waals surface area contributed by atoms with E-state index in [1.54, 1.807) is 0 Å². The first-order valence-electron chi connectivity index (χ1n) is 18.7.